The fraction of sp³-hybridized carbons (Fsp3) is 0.889. The van der Waals surface area contributed by atoms with Gasteiger partial charge in [-0.15, -0.1) is 0 Å². The van der Waals surface area contributed by atoms with Crippen molar-refractivity contribution in [3.05, 3.63) is 0 Å². The fourth-order valence-electron chi connectivity index (χ4n) is 2.61. The van der Waals surface area contributed by atoms with Crippen molar-refractivity contribution < 1.29 is 19.1 Å². The normalized spacial score (nSPS) is 11.4. The van der Waals surface area contributed by atoms with Crippen LogP contribution in [0.2, 0.25) is 0 Å². The van der Waals surface area contributed by atoms with Gasteiger partial charge in [-0.1, -0.05) is 6.92 Å². The molecule has 8 heteroatoms. The maximum atomic E-state index is 11.4. The molecule has 154 valence electrons. The number of esters is 2. The molecule has 0 bridgehead atoms. The van der Waals surface area contributed by atoms with Crippen LogP contribution in [0.5, 0.6) is 0 Å². The van der Waals surface area contributed by atoms with E-state index in [1.165, 1.54) is 14.2 Å². The predicted octanol–water partition coefficient (Wildman–Crippen LogP) is 0.0171. The quantitative estimate of drug-likeness (QED) is 0.378. The van der Waals surface area contributed by atoms with E-state index in [2.05, 4.69) is 28.7 Å². The van der Waals surface area contributed by atoms with E-state index in [0.29, 0.717) is 32.5 Å². The number of hydrogen-bond acceptors (Lipinski definition) is 8. The summed E-state index contributed by atoms with van der Waals surface area (Å²) in [5, 5.41) is 0. The Morgan fingerprint density at radius 2 is 1.23 bits per heavy atom. The Labute approximate surface area is 158 Å². The van der Waals surface area contributed by atoms with E-state index in [4.69, 9.17) is 15.2 Å². The van der Waals surface area contributed by atoms with Gasteiger partial charge >= 0.3 is 11.9 Å². The van der Waals surface area contributed by atoms with Crippen LogP contribution in [0.25, 0.3) is 0 Å². The molecule has 0 saturated heterocycles. The molecule has 0 aromatic rings. The van der Waals surface area contributed by atoms with E-state index >= 15 is 0 Å². The molecule has 0 amide bonds. The molecule has 26 heavy (non-hydrogen) atoms. The largest absolute Gasteiger partial charge is 0.469 e. The molecule has 0 fully saturated rings. The zero-order valence-corrected chi connectivity index (χ0v) is 17.0. The van der Waals surface area contributed by atoms with Crippen LogP contribution in [0.4, 0.5) is 0 Å². The Morgan fingerprint density at radius 1 is 0.769 bits per heavy atom. The molecule has 0 radical (unpaired) electrons. The van der Waals surface area contributed by atoms with Gasteiger partial charge in [0.05, 0.1) is 27.1 Å². The van der Waals surface area contributed by atoms with Gasteiger partial charge in [0.25, 0.3) is 0 Å². The summed E-state index contributed by atoms with van der Waals surface area (Å²) in [4.78, 5) is 29.5. The Balaban J connectivity index is 4.31. The summed E-state index contributed by atoms with van der Waals surface area (Å²) in [5.41, 5.74) is 5.67. The van der Waals surface area contributed by atoms with Gasteiger partial charge < -0.3 is 29.9 Å². The van der Waals surface area contributed by atoms with Crippen molar-refractivity contribution in [2.24, 2.45) is 5.73 Å². The van der Waals surface area contributed by atoms with Crippen LogP contribution in [0.3, 0.4) is 0 Å². The molecule has 0 aromatic carbocycles. The Bertz CT molecular complexity index is 356. The summed E-state index contributed by atoms with van der Waals surface area (Å²) in [6.07, 6.45) is 1.77. The van der Waals surface area contributed by atoms with E-state index in [0.717, 1.165) is 45.7 Å². The maximum Gasteiger partial charge on any atom is 0.306 e. The lowest BCUT2D eigenvalue weighted by molar-refractivity contribution is -0.141. The number of likely N-dealkylation sites (N-methyl/N-ethyl adjacent to an activating group) is 1. The monoisotopic (exact) mass is 374 g/mol. The van der Waals surface area contributed by atoms with Crippen molar-refractivity contribution in [2.45, 2.75) is 26.2 Å². The van der Waals surface area contributed by atoms with Crippen molar-refractivity contribution in [3.8, 4) is 0 Å². The van der Waals surface area contributed by atoms with Crippen LogP contribution in [-0.2, 0) is 19.1 Å². The minimum atomic E-state index is -0.238. The molecular weight excluding hydrogens is 336 g/mol. The second-order valence-corrected chi connectivity index (χ2v) is 6.43. The molecule has 8 nitrogen and oxygen atoms in total. The second-order valence-electron chi connectivity index (χ2n) is 6.43. The molecule has 0 aliphatic carbocycles. The van der Waals surface area contributed by atoms with Gasteiger partial charge in [0.15, 0.2) is 0 Å². The van der Waals surface area contributed by atoms with E-state index < -0.39 is 0 Å². The number of nitrogens with zero attached hydrogens (tertiary/aromatic N) is 3. The lowest BCUT2D eigenvalue weighted by atomic mass is 10.3. The van der Waals surface area contributed by atoms with Crippen LogP contribution in [0.15, 0.2) is 0 Å². The van der Waals surface area contributed by atoms with Crippen LogP contribution in [0, 0.1) is 0 Å². The summed E-state index contributed by atoms with van der Waals surface area (Å²) in [6.45, 7) is 9.60. The van der Waals surface area contributed by atoms with Gasteiger partial charge in [0, 0.05) is 52.4 Å². The third-order valence-electron chi connectivity index (χ3n) is 4.30. The lowest BCUT2D eigenvalue weighted by Crippen LogP contribution is -2.40. The van der Waals surface area contributed by atoms with Crippen LogP contribution in [0.1, 0.15) is 26.2 Å². The molecule has 0 atom stereocenters. The van der Waals surface area contributed by atoms with Gasteiger partial charge in [-0.25, -0.2) is 0 Å². The smallest absolute Gasteiger partial charge is 0.306 e. The number of carbonyl (C=O) groups excluding carboxylic acids is 2. The zero-order chi connectivity index (χ0) is 19.8. The lowest BCUT2D eigenvalue weighted by Gasteiger charge is -2.27. The van der Waals surface area contributed by atoms with Gasteiger partial charge in [-0.2, -0.15) is 0 Å². The standard InChI is InChI=1S/C18H38N4O4/c1-5-9-21(12-8-19)15-13-20(2)14-16-22(10-6-17(23)25-3)11-7-18(24)26-4/h5-16,19H2,1-4H3. The Morgan fingerprint density at radius 3 is 1.62 bits per heavy atom. The summed E-state index contributed by atoms with van der Waals surface area (Å²) in [5.74, 6) is -0.475. The predicted molar refractivity (Wildman–Crippen MR) is 103 cm³/mol. The average molecular weight is 375 g/mol. The first kappa shape index (κ1) is 24.8. The molecule has 0 rings (SSSR count). The average Bonchev–Trinajstić information content (AvgIpc) is 2.64. The highest BCUT2D eigenvalue weighted by molar-refractivity contribution is 5.70. The number of hydrogen-bond donors (Lipinski definition) is 1. The third kappa shape index (κ3) is 13.0. The van der Waals surface area contributed by atoms with Crippen LogP contribution < -0.4 is 5.73 Å². The first-order valence-corrected chi connectivity index (χ1v) is 9.43. The SMILES string of the molecule is CCCN(CCN)CCN(C)CCN(CCC(=O)OC)CCC(=O)OC. The number of nitrogens with two attached hydrogens (primary N) is 1. The maximum absolute atomic E-state index is 11.4. The van der Waals surface area contributed by atoms with Crippen molar-refractivity contribution in [2.75, 3.05) is 80.2 Å². The van der Waals surface area contributed by atoms with E-state index in [1.807, 2.05) is 0 Å². The van der Waals surface area contributed by atoms with Gasteiger partial charge in [-0.3, -0.25) is 9.59 Å². The summed E-state index contributed by atoms with van der Waals surface area (Å²) in [6, 6.07) is 0. The summed E-state index contributed by atoms with van der Waals surface area (Å²) < 4.78 is 9.40. The van der Waals surface area contributed by atoms with Gasteiger partial charge in [-0.05, 0) is 20.0 Å². The molecule has 0 saturated carbocycles. The fourth-order valence-corrected chi connectivity index (χ4v) is 2.61. The summed E-state index contributed by atoms with van der Waals surface area (Å²) in [7, 11) is 4.86. The molecule has 0 heterocycles. The van der Waals surface area contributed by atoms with Gasteiger partial charge in [0.2, 0.25) is 0 Å². The minimum Gasteiger partial charge on any atom is -0.469 e. The molecule has 0 unspecified atom stereocenters. The highest BCUT2D eigenvalue weighted by atomic mass is 16.5. The van der Waals surface area contributed by atoms with Crippen LogP contribution in [-0.4, -0.2) is 107 Å². The second kappa shape index (κ2) is 16.0. The Kier molecular flexibility index (Phi) is 15.2. The van der Waals surface area contributed by atoms with E-state index in [-0.39, 0.29) is 11.9 Å². The number of rotatable bonds is 16. The number of carbonyl (C=O) groups is 2. The third-order valence-corrected chi connectivity index (χ3v) is 4.30. The molecule has 0 aliphatic rings. The van der Waals surface area contributed by atoms with Crippen molar-refractivity contribution in [1.29, 1.82) is 0 Å². The molecule has 2 N–H and O–H groups in total. The van der Waals surface area contributed by atoms with Crippen molar-refractivity contribution in [1.82, 2.24) is 14.7 Å². The van der Waals surface area contributed by atoms with Crippen molar-refractivity contribution >= 4 is 11.9 Å². The first-order valence-electron chi connectivity index (χ1n) is 9.43. The molecule has 0 aromatic heterocycles. The first-order chi connectivity index (χ1) is 12.5. The zero-order valence-electron chi connectivity index (χ0n) is 17.0. The molecular formula is C18H38N4O4. The van der Waals surface area contributed by atoms with E-state index in [1.54, 1.807) is 0 Å². The number of methoxy groups -OCH3 is 2. The highest BCUT2D eigenvalue weighted by Gasteiger charge is 2.12. The van der Waals surface area contributed by atoms with E-state index in [9.17, 15) is 9.59 Å². The number of ether oxygens (including phenoxy) is 2. The summed E-state index contributed by atoms with van der Waals surface area (Å²) >= 11 is 0. The minimum absolute atomic E-state index is 0.238. The molecule has 0 spiro atoms. The van der Waals surface area contributed by atoms with Crippen LogP contribution >= 0.6 is 0 Å². The highest BCUT2D eigenvalue weighted by Crippen LogP contribution is 1.99. The van der Waals surface area contributed by atoms with Gasteiger partial charge in [0.1, 0.15) is 0 Å². The Hall–Kier alpha value is -1.22. The molecule has 0 aliphatic heterocycles. The topological polar surface area (TPSA) is 88.3 Å². The van der Waals surface area contributed by atoms with Crippen molar-refractivity contribution in [3.63, 3.8) is 0 Å².